The van der Waals surface area contributed by atoms with Crippen LogP contribution in [0.3, 0.4) is 0 Å². The summed E-state index contributed by atoms with van der Waals surface area (Å²) in [5.74, 6) is 0. The summed E-state index contributed by atoms with van der Waals surface area (Å²) in [6.07, 6.45) is 0. The van der Waals surface area contributed by atoms with Crippen molar-refractivity contribution in [2.75, 3.05) is 0 Å². The molecule has 0 aliphatic rings. The summed E-state index contributed by atoms with van der Waals surface area (Å²) in [5.41, 5.74) is 5.07. The van der Waals surface area contributed by atoms with Crippen LogP contribution in [0.1, 0.15) is 11.1 Å². The van der Waals surface area contributed by atoms with E-state index >= 15 is 0 Å². The highest BCUT2D eigenvalue weighted by Gasteiger charge is 2.18. The summed E-state index contributed by atoms with van der Waals surface area (Å²) in [7, 11) is 0. The normalized spacial score (nSPS) is 11.3. The minimum Gasteiger partial charge on any atom is -0.288 e. The van der Waals surface area contributed by atoms with Gasteiger partial charge in [0, 0.05) is 0 Å². The summed E-state index contributed by atoms with van der Waals surface area (Å²) < 4.78 is 4.66. The molecule has 0 bridgehead atoms. The molecule has 0 spiro atoms. The average Bonchev–Trinajstić information content (AvgIpc) is 3.09. The van der Waals surface area contributed by atoms with Gasteiger partial charge in [0.25, 0.3) is 5.56 Å². The minimum absolute atomic E-state index is 0.00656. The predicted molar refractivity (Wildman–Crippen MR) is 124 cm³/mol. The Bertz CT molecular complexity index is 1480. The number of fused-ring (bicyclic) bond motifs is 3. The van der Waals surface area contributed by atoms with Crippen molar-refractivity contribution in [3.8, 4) is 10.4 Å². The number of aromatic nitrogens is 2. The van der Waals surface area contributed by atoms with Crippen LogP contribution in [0, 0.1) is 10.9 Å². The molecule has 0 amide bonds. The number of para-hydroxylation sites is 1. The van der Waals surface area contributed by atoms with E-state index in [2.05, 4.69) is 41.7 Å². The van der Waals surface area contributed by atoms with Gasteiger partial charge in [-0.05, 0) is 42.4 Å². The number of hydrogen-bond donors (Lipinski definition) is 0. The monoisotopic (exact) mass is 414 g/mol. The molecule has 0 N–H and O–H groups in total. The van der Waals surface area contributed by atoms with E-state index in [0.29, 0.717) is 11.9 Å². The zero-order valence-corrected chi connectivity index (χ0v) is 17.5. The van der Waals surface area contributed by atoms with Crippen molar-refractivity contribution < 1.29 is 0 Å². The molecule has 0 aliphatic carbocycles. The maximum absolute atomic E-state index is 13.5. The average molecular weight is 415 g/mol. The SMILES string of the molecule is Cc1cccc(Cn2c(=O)c3ccccc3n3c(=S)sc(-c4ccccc4)c23)c1. The van der Waals surface area contributed by atoms with Gasteiger partial charge in [0.05, 0.1) is 22.3 Å². The molecule has 5 heteroatoms. The number of benzene rings is 3. The maximum Gasteiger partial charge on any atom is 0.261 e. The number of thiazole rings is 1. The molecule has 5 aromatic rings. The van der Waals surface area contributed by atoms with Crippen LogP contribution in [0.25, 0.3) is 27.0 Å². The Morgan fingerprint density at radius 1 is 0.931 bits per heavy atom. The first-order valence-electron chi connectivity index (χ1n) is 9.41. The van der Waals surface area contributed by atoms with E-state index in [4.69, 9.17) is 12.2 Å². The Hall–Kier alpha value is -3.02. The van der Waals surface area contributed by atoms with Gasteiger partial charge in [-0.25, -0.2) is 0 Å². The summed E-state index contributed by atoms with van der Waals surface area (Å²) in [4.78, 5) is 14.6. The molecule has 0 unspecified atom stereocenters. The van der Waals surface area contributed by atoms with Crippen molar-refractivity contribution in [2.45, 2.75) is 13.5 Å². The van der Waals surface area contributed by atoms with Crippen molar-refractivity contribution in [3.63, 3.8) is 0 Å². The van der Waals surface area contributed by atoms with Crippen LogP contribution in [-0.4, -0.2) is 8.97 Å². The first-order valence-corrected chi connectivity index (χ1v) is 10.6. The van der Waals surface area contributed by atoms with Gasteiger partial charge >= 0.3 is 0 Å². The van der Waals surface area contributed by atoms with E-state index in [-0.39, 0.29) is 5.56 Å². The number of aryl methyl sites for hydroxylation is 1. The third kappa shape index (κ3) is 3.03. The maximum atomic E-state index is 13.5. The van der Waals surface area contributed by atoms with Gasteiger partial charge in [-0.3, -0.25) is 13.8 Å². The van der Waals surface area contributed by atoms with E-state index in [0.717, 1.165) is 31.1 Å². The molecular formula is C24H18N2OS2. The third-order valence-corrected chi connectivity index (χ3v) is 6.53. The molecule has 0 fully saturated rings. The predicted octanol–water partition coefficient (Wildman–Crippen LogP) is 6.07. The van der Waals surface area contributed by atoms with Gasteiger partial charge in [-0.2, -0.15) is 0 Å². The Morgan fingerprint density at radius 3 is 2.48 bits per heavy atom. The van der Waals surface area contributed by atoms with Crippen LogP contribution in [0.15, 0.2) is 83.7 Å². The molecule has 0 saturated heterocycles. The largest absolute Gasteiger partial charge is 0.288 e. The molecule has 0 saturated carbocycles. The van der Waals surface area contributed by atoms with Crippen LogP contribution in [0.4, 0.5) is 0 Å². The van der Waals surface area contributed by atoms with E-state index in [1.807, 2.05) is 53.1 Å². The number of rotatable bonds is 3. The smallest absolute Gasteiger partial charge is 0.261 e. The number of nitrogens with zero attached hydrogens (tertiary/aromatic N) is 2. The highest BCUT2D eigenvalue weighted by atomic mass is 32.1. The third-order valence-electron chi connectivity index (χ3n) is 5.12. The second kappa shape index (κ2) is 7.10. The van der Waals surface area contributed by atoms with E-state index in [1.54, 1.807) is 11.3 Å². The van der Waals surface area contributed by atoms with Crippen LogP contribution in [0.2, 0.25) is 0 Å². The molecule has 5 rings (SSSR count). The van der Waals surface area contributed by atoms with Gasteiger partial charge in [0.1, 0.15) is 5.65 Å². The molecule has 3 nitrogen and oxygen atoms in total. The molecule has 2 heterocycles. The molecule has 3 aromatic carbocycles. The molecule has 142 valence electrons. The first kappa shape index (κ1) is 18.0. The summed E-state index contributed by atoms with van der Waals surface area (Å²) in [6.45, 7) is 2.57. The van der Waals surface area contributed by atoms with Crippen molar-refractivity contribution in [1.29, 1.82) is 0 Å². The Balaban J connectivity index is 1.92. The second-order valence-corrected chi connectivity index (χ2v) is 8.76. The number of hydrogen-bond acceptors (Lipinski definition) is 3. The van der Waals surface area contributed by atoms with Gasteiger partial charge < -0.3 is 0 Å². The van der Waals surface area contributed by atoms with Crippen LogP contribution < -0.4 is 5.56 Å². The lowest BCUT2D eigenvalue weighted by atomic mass is 10.1. The first-order chi connectivity index (χ1) is 14.1. The summed E-state index contributed by atoms with van der Waals surface area (Å²) in [6, 6.07) is 26.2. The lowest BCUT2D eigenvalue weighted by Gasteiger charge is -2.14. The van der Waals surface area contributed by atoms with Crippen molar-refractivity contribution >= 4 is 40.1 Å². The lowest BCUT2D eigenvalue weighted by molar-refractivity contribution is 0.780. The Kier molecular flexibility index (Phi) is 4.42. The highest BCUT2D eigenvalue weighted by Crippen LogP contribution is 2.33. The molecule has 29 heavy (non-hydrogen) atoms. The highest BCUT2D eigenvalue weighted by molar-refractivity contribution is 7.73. The van der Waals surface area contributed by atoms with Crippen LogP contribution in [0.5, 0.6) is 0 Å². The molecular weight excluding hydrogens is 396 g/mol. The quantitative estimate of drug-likeness (QED) is 0.335. The fraction of sp³-hybridized carbons (Fsp3) is 0.0833. The fourth-order valence-corrected chi connectivity index (χ4v) is 5.26. The minimum atomic E-state index is 0.00656. The molecule has 0 radical (unpaired) electrons. The van der Waals surface area contributed by atoms with Gasteiger partial charge in [0.15, 0.2) is 3.95 Å². The Labute approximate surface area is 177 Å². The second-order valence-electron chi connectivity index (χ2n) is 7.12. The summed E-state index contributed by atoms with van der Waals surface area (Å²) >= 11 is 7.31. The van der Waals surface area contributed by atoms with E-state index < -0.39 is 0 Å². The van der Waals surface area contributed by atoms with E-state index in [1.165, 1.54) is 5.56 Å². The van der Waals surface area contributed by atoms with Gasteiger partial charge in [-0.15, -0.1) is 11.3 Å². The molecule has 0 atom stereocenters. The Morgan fingerprint density at radius 2 is 1.69 bits per heavy atom. The van der Waals surface area contributed by atoms with Gasteiger partial charge in [-0.1, -0.05) is 72.3 Å². The van der Waals surface area contributed by atoms with Gasteiger partial charge in [0.2, 0.25) is 0 Å². The standard InChI is InChI=1S/C24H18N2OS2/c1-16-8-7-9-17(14-16)15-25-22-21(18-10-3-2-4-11-18)29-24(28)26(22)20-13-6-5-12-19(20)23(25)27/h2-14H,15H2,1H3. The summed E-state index contributed by atoms with van der Waals surface area (Å²) in [5, 5.41) is 0.682. The van der Waals surface area contributed by atoms with E-state index in [9.17, 15) is 4.79 Å². The fourth-order valence-electron chi connectivity index (χ4n) is 3.83. The topological polar surface area (TPSA) is 26.4 Å². The van der Waals surface area contributed by atoms with Crippen LogP contribution >= 0.6 is 23.6 Å². The zero-order chi connectivity index (χ0) is 20.0. The van der Waals surface area contributed by atoms with Crippen molar-refractivity contribution in [2.24, 2.45) is 0 Å². The van der Waals surface area contributed by atoms with Crippen LogP contribution in [-0.2, 0) is 6.54 Å². The zero-order valence-electron chi connectivity index (χ0n) is 15.8. The van der Waals surface area contributed by atoms with Crippen molar-refractivity contribution in [3.05, 3.63) is 104 Å². The van der Waals surface area contributed by atoms with Crippen molar-refractivity contribution in [1.82, 2.24) is 8.97 Å². The molecule has 2 aromatic heterocycles. The molecule has 0 aliphatic heterocycles. The lowest BCUT2D eigenvalue weighted by Crippen LogP contribution is -2.23.